The maximum absolute atomic E-state index is 12.6. The normalized spacial score (nSPS) is 14.8. The molecule has 1 aromatic carbocycles. The molecule has 26 heavy (non-hydrogen) atoms. The maximum Gasteiger partial charge on any atom is 0.316 e. The van der Waals surface area contributed by atoms with Gasteiger partial charge in [0.15, 0.2) is 0 Å². The number of carbonyl (C=O) groups excluding carboxylic acids is 2. The zero-order valence-electron chi connectivity index (χ0n) is 14.3. The number of hydrogen-bond acceptors (Lipinski definition) is 5. The molecular formula is C18H19BrN4O3. The Balaban J connectivity index is 1.53. The molecule has 136 valence electrons. The average molecular weight is 419 g/mol. The fraction of sp³-hybridized carbons (Fsp3) is 0.333. The van der Waals surface area contributed by atoms with Crippen LogP contribution in [0.5, 0.6) is 6.01 Å². The molecule has 0 atom stereocenters. The van der Waals surface area contributed by atoms with Gasteiger partial charge in [-0.3, -0.25) is 9.59 Å². The smallest absolute Gasteiger partial charge is 0.316 e. The minimum atomic E-state index is -0.138. The van der Waals surface area contributed by atoms with E-state index in [1.807, 2.05) is 4.90 Å². The third-order valence-electron chi connectivity index (χ3n) is 4.05. The number of nitrogens with zero attached hydrogens (tertiary/aromatic N) is 3. The molecule has 1 aromatic heterocycles. The summed E-state index contributed by atoms with van der Waals surface area (Å²) in [6, 6.07) is 7.27. The zero-order valence-corrected chi connectivity index (χ0v) is 15.9. The highest BCUT2D eigenvalue weighted by Crippen LogP contribution is 2.19. The first-order valence-electron chi connectivity index (χ1n) is 8.32. The van der Waals surface area contributed by atoms with Gasteiger partial charge in [0.2, 0.25) is 5.91 Å². The van der Waals surface area contributed by atoms with Gasteiger partial charge in [-0.15, -0.1) is 0 Å². The van der Waals surface area contributed by atoms with E-state index in [4.69, 9.17) is 4.74 Å². The summed E-state index contributed by atoms with van der Waals surface area (Å²) in [5.41, 5.74) is 1.28. The van der Waals surface area contributed by atoms with Gasteiger partial charge in [0.25, 0.3) is 5.91 Å². The molecule has 1 aliphatic rings. The highest BCUT2D eigenvalue weighted by Gasteiger charge is 2.25. The quantitative estimate of drug-likeness (QED) is 0.824. The summed E-state index contributed by atoms with van der Waals surface area (Å²) in [6.07, 6.45) is 4.75. The van der Waals surface area contributed by atoms with Gasteiger partial charge >= 0.3 is 6.01 Å². The Labute approximate surface area is 159 Å². The molecule has 2 aromatic rings. The molecule has 0 aliphatic carbocycles. The number of halogens is 1. The number of rotatable bonds is 4. The lowest BCUT2D eigenvalue weighted by atomic mass is 10.1. The number of hydrogen-bond donors (Lipinski definition) is 1. The van der Waals surface area contributed by atoms with E-state index in [1.54, 1.807) is 36.7 Å². The second-order valence-corrected chi connectivity index (χ2v) is 6.97. The molecule has 0 radical (unpaired) electrons. The van der Waals surface area contributed by atoms with Gasteiger partial charge in [-0.2, -0.15) is 0 Å². The van der Waals surface area contributed by atoms with Crippen molar-refractivity contribution >= 4 is 33.4 Å². The number of anilines is 1. The molecular weight excluding hydrogens is 400 g/mol. The van der Waals surface area contributed by atoms with Crippen LogP contribution in [0, 0.1) is 0 Å². The van der Waals surface area contributed by atoms with Crippen molar-refractivity contribution in [2.75, 3.05) is 18.4 Å². The first kappa shape index (κ1) is 18.3. The van der Waals surface area contributed by atoms with Crippen LogP contribution >= 0.6 is 15.9 Å². The molecule has 0 spiro atoms. The largest absolute Gasteiger partial charge is 0.460 e. The predicted octanol–water partition coefficient (Wildman–Crippen LogP) is 2.88. The number of carbonyl (C=O) groups is 2. The van der Waals surface area contributed by atoms with Crippen molar-refractivity contribution in [3.8, 4) is 6.01 Å². The lowest BCUT2D eigenvalue weighted by Crippen LogP contribution is -2.41. The van der Waals surface area contributed by atoms with Gasteiger partial charge in [-0.25, -0.2) is 9.97 Å². The standard InChI is InChI=1S/C18H19BrN4O3/c1-12(24)22-15-4-2-13(3-5-15)17(25)23-8-6-16(7-9-23)26-18-20-10-14(19)11-21-18/h2-5,10-11,16H,6-9H2,1H3,(H,22,24). The van der Waals surface area contributed by atoms with Crippen LogP contribution in [-0.4, -0.2) is 45.9 Å². The Morgan fingerprint density at radius 3 is 2.35 bits per heavy atom. The number of benzene rings is 1. The van der Waals surface area contributed by atoms with Crippen molar-refractivity contribution in [2.24, 2.45) is 0 Å². The summed E-state index contributed by atoms with van der Waals surface area (Å²) < 4.78 is 6.58. The van der Waals surface area contributed by atoms with E-state index < -0.39 is 0 Å². The summed E-state index contributed by atoms with van der Waals surface area (Å²) in [6.45, 7) is 2.69. The van der Waals surface area contributed by atoms with Gasteiger partial charge in [0.05, 0.1) is 4.47 Å². The van der Waals surface area contributed by atoms with E-state index >= 15 is 0 Å². The van der Waals surface area contributed by atoms with Crippen LogP contribution in [0.2, 0.25) is 0 Å². The highest BCUT2D eigenvalue weighted by atomic mass is 79.9. The summed E-state index contributed by atoms with van der Waals surface area (Å²) >= 11 is 3.29. The summed E-state index contributed by atoms with van der Waals surface area (Å²) in [4.78, 5) is 33.7. The fourth-order valence-electron chi connectivity index (χ4n) is 2.77. The maximum atomic E-state index is 12.6. The molecule has 2 heterocycles. The second-order valence-electron chi connectivity index (χ2n) is 6.05. The number of amides is 2. The van der Waals surface area contributed by atoms with Crippen molar-refractivity contribution in [3.63, 3.8) is 0 Å². The van der Waals surface area contributed by atoms with E-state index in [0.29, 0.717) is 30.4 Å². The number of likely N-dealkylation sites (tertiary alicyclic amines) is 1. The Bertz CT molecular complexity index is 772. The van der Waals surface area contributed by atoms with Crippen molar-refractivity contribution in [2.45, 2.75) is 25.9 Å². The molecule has 1 fully saturated rings. The van der Waals surface area contributed by atoms with Crippen LogP contribution in [0.1, 0.15) is 30.1 Å². The lowest BCUT2D eigenvalue weighted by molar-refractivity contribution is -0.114. The third kappa shape index (κ3) is 4.78. The van der Waals surface area contributed by atoms with E-state index in [2.05, 4.69) is 31.2 Å². The van der Waals surface area contributed by atoms with Gasteiger partial charge in [-0.05, 0) is 40.2 Å². The molecule has 8 heteroatoms. The third-order valence-corrected chi connectivity index (χ3v) is 4.46. The second kappa shape index (κ2) is 8.27. The molecule has 0 bridgehead atoms. The van der Waals surface area contributed by atoms with E-state index in [1.165, 1.54) is 6.92 Å². The van der Waals surface area contributed by atoms with E-state index in [9.17, 15) is 9.59 Å². The SMILES string of the molecule is CC(=O)Nc1ccc(C(=O)N2CCC(Oc3ncc(Br)cn3)CC2)cc1. The molecule has 2 amide bonds. The van der Waals surface area contributed by atoms with Gasteiger partial charge < -0.3 is 15.0 Å². The Morgan fingerprint density at radius 1 is 1.15 bits per heavy atom. The number of ether oxygens (including phenoxy) is 1. The molecule has 1 aliphatic heterocycles. The summed E-state index contributed by atoms with van der Waals surface area (Å²) in [5, 5.41) is 2.69. The van der Waals surface area contributed by atoms with Gasteiger partial charge in [0.1, 0.15) is 6.10 Å². The molecule has 0 saturated carbocycles. The minimum Gasteiger partial charge on any atom is -0.460 e. The Morgan fingerprint density at radius 2 is 1.77 bits per heavy atom. The molecule has 1 N–H and O–H groups in total. The molecule has 1 saturated heterocycles. The summed E-state index contributed by atoms with van der Waals surface area (Å²) in [7, 11) is 0. The first-order chi connectivity index (χ1) is 12.5. The monoisotopic (exact) mass is 418 g/mol. The number of aromatic nitrogens is 2. The van der Waals surface area contributed by atoms with Crippen molar-refractivity contribution in [3.05, 3.63) is 46.7 Å². The van der Waals surface area contributed by atoms with Crippen molar-refractivity contribution in [1.82, 2.24) is 14.9 Å². The topological polar surface area (TPSA) is 84.4 Å². The van der Waals surface area contributed by atoms with Gasteiger partial charge in [-0.1, -0.05) is 0 Å². The minimum absolute atomic E-state index is 0.00219. The van der Waals surface area contributed by atoms with E-state index in [0.717, 1.165) is 17.3 Å². The van der Waals surface area contributed by atoms with Crippen molar-refractivity contribution < 1.29 is 14.3 Å². The first-order valence-corrected chi connectivity index (χ1v) is 9.11. The fourth-order valence-corrected chi connectivity index (χ4v) is 2.97. The lowest BCUT2D eigenvalue weighted by Gasteiger charge is -2.31. The van der Waals surface area contributed by atoms with Crippen LogP contribution < -0.4 is 10.1 Å². The van der Waals surface area contributed by atoms with Crippen LogP contribution in [0.3, 0.4) is 0 Å². The molecule has 0 unspecified atom stereocenters. The Kier molecular flexibility index (Phi) is 5.82. The molecule has 3 rings (SSSR count). The van der Waals surface area contributed by atoms with E-state index in [-0.39, 0.29) is 17.9 Å². The Hall–Kier alpha value is -2.48. The number of nitrogens with one attached hydrogen (secondary N) is 1. The van der Waals surface area contributed by atoms with Crippen LogP contribution in [0.4, 0.5) is 5.69 Å². The zero-order chi connectivity index (χ0) is 18.5. The predicted molar refractivity (Wildman–Crippen MR) is 100 cm³/mol. The number of piperidine rings is 1. The average Bonchev–Trinajstić information content (AvgIpc) is 2.64. The van der Waals surface area contributed by atoms with Gasteiger partial charge in [0, 0.05) is 56.5 Å². The highest BCUT2D eigenvalue weighted by molar-refractivity contribution is 9.10. The van der Waals surface area contributed by atoms with Crippen LogP contribution in [-0.2, 0) is 4.79 Å². The van der Waals surface area contributed by atoms with Crippen molar-refractivity contribution in [1.29, 1.82) is 0 Å². The summed E-state index contributed by atoms with van der Waals surface area (Å²) in [5.74, 6) is -0.154. The van der Waals surface area contributed by atoms with Crippen LogP contribution in [0.25, 0.3) is 0 Å². The molecule has 7 nitrogen and oxygen atoms in total. The van der Waals surface area contributed by atoms with Crippen LogP contribution in [0.15, 0.2) is 41.1 Å².